The van der Waals surface area contributed by atoms with Crippen molar-refractivity contribution in [3.63, 3.8) is 0 Å². The number of anilines is 2. The molecule has 0 radical (unpaired) electrons. The van der Waals surface area contributed by atoms with E-state index in [4.69, 9.17) is 0 Å². The molecule has 3 rings (SSSR count). The lowest BCUT2D eigenvalue weighted by molar-refractivity contribution is -0.384. The van der Waals surface area contributed by atoms with E-state index in [1.54, 1.807) is 26.0 Å². The van der Waals surface area contributed by atoms with Crippen LogP contribution in [-0.2, 0) is 9.59 Å². The Morgan fingerprint density at radius 1 is 0.800 bits per heavy atom. The van der Waals surface area contributed by atoms with Crippen LogP contribution in [0.5, 0.6) is 5.75 Å². The minimum atomic E-state index is -0.973. The number of nitro groups is 2. The van der Waals surface area contributed by atoms with E-state index in [2.05, 4.69) is 10.6 Å². The third-order valence-corrected chi connectivity index (χ3v) is 5.01. The molecule has 3 aromatic rings. The fourth-order valence-corrected chi connectivity index (χ4v) is 3.33. The second-order valence-electron chi connectivity index (χ2n) is 7.52. The SMILES string of the molecule is Cc1cc(C=C(C(=O)Nc2ccccc2[N+](=O)[O-])C(=O)Nc2ccccc2[N+](=O)[O-])cc(C)c1O. The Bertz CT molecular complexity index is 1290. The molecule has 0 heterocycles. The number of nitrogens with zero attached hydrogens (tertiary/aromatic N) is 2. The fraction of sp³-hybridized carbons (Fsp3) is 0.0833. The Hall–Kier alpha value is -5.06. The highest BCUT2D eigenvalue weighted by molar-refractivity contribution is 6.29. The molecule has 11 heteroatoms. The molecule has 11 nitrogen and oxygen atoms in total. The Balaban J connectivity index is 2.06. The van der Waals surface area contributed by atoms with Crippen LogP contribution in [0.4, 0.5) is 22.7 Å². The van der Waals surface area contributed by atoms with Crippen molar-refractivity contribution in [2.45, 2.75) is 13.8 Å². The predicted octanol–water partition coefficient (Wildman–Crippen LogP) is 4.49. The Labute approximate surface area is 199 Å². The van der Waals surface area contributed by atoms with Crippen molar-refractivity contribution >= 4 is 40.6 Å². The highest BCUT2D eigenvalue weighted by atomic mass is 16.6. The third-order valence-electron chi connectivity index (χ3n) is 5.01. The van der Waals surface area contributed by atoms with E-state index in [1.165, 1.54) is 54.6 Å². The molecule has 0 atom stereocenters. The number of hydrogen-bond donors (Lipinski definition) is 3. The average Bonchev–Trinajstić information content (AvgIpc) is 2.81. The lowest BCUT2D eigenvalue weighted by atomic mass is 10.0. The molecule has 0 fully saturated rings. The van der Waals surface area contributed by atoms with Gasteiger partial charge in [-0.15, -0.1) is 0 Å². The molecule has 0 unspecified atom stereocenters. The van der Waals surface area contributed by atoms with Crippen molar-refractivity contribution < 1.29 is 24.5 Å². The van der Waals surface area contributed by atoms with Crippen LogP contribution < -0.4 is 10.6 Å². The average molecular weight is 476 g/mol. The molecule has 0 saturated heterocycles. The summed E-state index contributed by atoms with van der Waals surface area (Å²) in [6.45, 7) is 3.28. The second kappa shape index (κ2) is 10.3. The molecule has 0 aliphatic heterocycles. The standard InChI is InChI=1S/C24H20N4O7/c1-14-11-16(12-15(2)22(14)29)13-17(23(30)25-18-7-3-5-9-20(18)27(32)33)24(31)26-19-8-4-6-10-21(19)28(34)35/h3-13,29H,1-2H3,(H,25,30)(H,26,31). The summed E-state index contributed by atoms with van der Waals surface area (Å²) in [5, 5.41) is 37.4. The quantitative estimate of drug-likeness (QED) is 0.149. The predicted molar refractivity (Wildman–Crippen MR) is 129 cm³/mol. The first kappa shape index (κ1) is 24.6. The van der Waals surface area contributed by atoms with Crippen LogP contribution in [0.1, 0.15) is 16.7 Å². The number of nitro benzene ring substituents is 2. The van der Waals surface area contributed by atoms with Gasteiger partial charge in [0.25, 0.3) is 23.2 Å². The first-order chi connectivity index (χ1) is 16.6. The van der Waals surface area contributed by atoms with Gasteiger partial charge in [0.2, 0.25) is 0 Å². The monoisotopic (exact) mass is 476 g/mol. The number of aromatic hydroxyl groups is 1. The number of nitrogens with one attached hydrogen (secondary N) is 2. The number of phenols is 1. The molecule has 0 bridgehead atoms. The van der Waals surface area contributed by atoms with Crippen molar-refractivity contribution in [1.82, 2.24) is 0 Å². The lowest BCUT2D eigenvalue weighted by Crippen LogP contribution is -2.26. The van der Waals surface area contributed by atoms with Crippen LogP contribution >= 0.6 is 0 Å². The number of benzene rings is 3. The number of phenolic OH excluding ortho intramolecular Hbond substituents is 1. The highest BCUT2D eigenvalue weighted by Gasteiger charge is 2.24. The van der Waals surface area contributed by atoms with Crippen LogP contribution in [0.15, 0.2) is 66.2 Å². The van der Waals surface area contributed by atoms with Gasteiger partial charge >= 0.3 is 0 Å². The summed E-state index contributed by atoms with van der Waals surface area (Å²) in [4.78, 5) is 47.5. The number of rotatable bonds is 7. The van der Waals surface area contributed by atoms with Crippen molar-refractivity contribution in [2.75, 3.05) is 10.6 Å². The zero-order valence-corrected chi connectivity index (χ0v) is 18.6. The van der Waals surface area contributed by atoms with Gasteiger partial charge < -0.3 is 15.7 Å². The summed E-state index contributed by atoms with van der Waals surface area (Å²) < 4.78 is 0. The molecule has 0 saturated carbocycles. The van der Waals surface area contributed by atoms with Gasteiger partial charge in [-0.2, -0.15) is 0 Å². The summed E-state index contributed by atoms with van der Waals surface area (Å²) in [6, 6.07) is 13.9. The molecular formula is C24H20N4O7. The molecule has 0 aromatic heterocycles. The minimum absolute atomic E-state index is 0.0532. The lowest BCUT2D eigenvalue weighted by Gasteiger charge is -2.12. The number of hydrogen-bond acceptors (Lipinski definition) is 7. The summed E-state index contributed by atoms with van der Waals surface area (Å²) in [7, 11) is 0. The second-order valence-corrected chi connectivity index (χ2v) is 7.52. The van der Waals surface area contributed by atoms with Gasteiger partial charge in [-0.3, -0.25) is 29.8 Å². The van der Waals surface area contributed by atoms with E-state index >= 15 is 0 Å². The first-order valence-electron chi connectivity index (χ1n) is 10.2. The molecule has 3 N–H and O–H groups in total. The van der Waals surface area contributed by atoms with Crippen molar-refractivity contribution in [2.24, 2.45) is 0 Å². The number of amides is 2. The number of carbonyl (C=O) groups is 2. The Morgan fingerprint density at radius 3 is 1.60 bits per heavy atom. The molecule has 0 spiro atoms. The van der Waals surface area contributed by atoms with Crippen molar-refractivity contribution in [3.8, 4) is 5.75 Å². The van der Waals surface area contributed by atoms with Gasteiger partial charge in [0.1, 0.15) is 22.7 Å². The van der Waals surface area contributed by atoms with Crippen molar-refractivity contribution in [3.05, 3.63) is 103 Å². The largest absolute Gasteiger partial charge is 0.507 e. The number of para-hydroxylation sites is 4. The van der Waals surface area contributed by atoms with Crippen molar-refractivity contribution in [1.29, 1.82) is 0 Å². The van der Waals surface area contributed by atoms with E-state index in [0.29, 0.717) is 16.7 Å². The molecular weight excluding hydrogens is 456 g/mol. The summed E-state index contributed by atoms with van der Waals surface area (Å²) in [5.41, 5.74) is -0.113. The number of aryl methyl sites for hydroxylation is 2. The van der Waals surface area contributed by atoms with E-state index in [-0.39, 0.29) is 28.5 Å². The topological polar surface area (TPSA) is 165 Å². The van der Waals surface area contributed by atoms with Gasteiger partial charge in [-0.25, -0.2) is 0 Å². The molecule has 0 aliphatic rings. The maximum Gasteiger partial charge on any atom is 0.292 e. The van der Waals surface area contributed by atoms with E-state index in [9.17, 15) is 34.9 Å². The Morgan fingerprint density at radius 2 is 1.20 bits per heavy atom. The van der Waals surface area contributed by atoms with Gasteiger partial charge in [0, 0.05) is 12.1 Å². The van der Waals surface area contributed by atoms with E-state index in [1.807, 2.05) is 0 Å². The van der Waals surface area contributed by atoms with Gasteiger partial charge in [-0.05, 0) is 60.9 Å². The normalized spacial score (nSPS) is 10.2. The molecule has 2 amide bonds. The summed E-state index contributed by atoms with van der Waals surface area (Å²) in [6.07, 6.45) is 1.23. The third kappa shape index (κ3) is 5.66. The molecule has 0 aliphatic carbocycles. The minimum Gasteiger partial charge on any atom is -0.507 e. The zero-order valence-electron chi connectivity index (χ0n) is 18.6. The van der Waals surface area contributed by atoms with Crippen LogP contribution in [0, 0.1) is 34.1 Å². The van der Waals surface area contributed by atoms with E-state index < -0.39 is 27.2 Å². The number of carbonyl (C=O) groups excluding carboxylic acids is 2. The van der Waals surface area contributed by atoms with Crippen LogP contribution in [-0.4, -0.2) is 26.8 Å². The van der Waals surface area contributed by atoms with Crippen LogP contribution in [0.3, 0.4) is 0 Å². The maximum atomic E-state index is 13.1. The van der Waals surface area contributed by atoms with Gasteiger partial charge in [0.15, 0.2) is 0 Å². The summed E-state index contributed by atoms with van der Waals surface area (Å²) in [5.74, 6) is -1.89. The van der Waals surface area contributed by atoms with Crippen LogP contribution in [0.2, 0.25) is 0 Å². The molecule has 178 valence electrons. The first-order valence-corrected chi connectivity index (χ1v) is 10.2. The van der Waals surface area contributed by atoms with Gasteiger partial charge in [0.05, 0.1) is 9.85 Å². The molecule has 35 heavy (non-hydrogen) atoms. The smallest absolute Gasteiger partial charge is 0.292 e. The summed E-state index contributed by atoms with van der Waals surface area (Å²) >= 11 is 0. The maximum absolute atomic E-state index is 13.1. The molecule has 3 aromatic carbocycles. The Kier molecular flexibility index (Phi) is 7.20. The van der Waals surface area contributed by atoms with E-state index in [0.717, 1.165) is 0 Å². The highest BCUT2D eigenvalue weighted by Crippen LogP contribution is 2.28. The van der Waals surface area contributed by atoms with Crippen LogP contribution in [0.25, 0.3) is 6.08 Å². The van der Waals surface area contributed by atoms with Gasteiger partial charge in [-0.1, -0.05) is 24.3 Å². The fourth-order valence-electron chi connectivity index (χ4n) is 3.33. The zero-order chi connectivity index (χ0) is 25.7.